The standard InChI is InChI=1S/C30H25BN2O2S/c1-29(2)30(3,4)36-28(33-29)20-13-19(16-32-17-20)18-14-25-27-26(15-18)35-24-12-8-6-10-22(24)31(27)21-9-5-7-11-23(21)34-25/h5-17H,1-4H3. The van der Waals surface area contributed by atoms with Crippen molar-refractivity contribution in [2.24, 2.45) is 4.99 Å². The number of rotatable bonds is 2. The van der Waals surface area contributed by atoms with Gasteiger partial charge in [0.25, 0.3) is 6.71 Å². The molecule has 3 aromatic carbocycles. The Labute approximate surface area is 215 Å². The van der Waals surface area contributed by atoms with Crippen LogP contribution in [0.15, 0.2) is 84.1 Å². The SMILES string of the molecule is CC1(C)N=C(c2cncc(-c3cc4c5c(c3)Oc3ccccc3B5c3ccccc3O4)c2)SC1(C)C. The molecule has 0 fully saturated rings. The molecule has 7 rings (SSSR count). The largest absolute Gasteiger partial charge is 0.458 e. The van der Waals surface area contributed by atoms with E-state index in [0.717, 1.165) is 50.2 Å². The molecule has 36 heavy (non-hydrogen) atoms. The van der Waals surface area contributed by atoms with Crippen molar-refractivity contribution in [3.63, 3.8) is 0 Å². The van der Waals surface area contributed by atoms with Crippen molar-refractivity contribution in [1.82, 2.24) is 4.98 Å². The molecule has 0 spiro atoms. The molecule has 0 radical (unpaired) electrons. The zero-order valence-electron chi connectivity index (χ0n) is 20.7. The summed E-state index contributed by atoms with van der Waals surface area (Å²) < 4.78 is 12.9. The van der Waals surface area contributed by atoms with Gasteiger partial charge in [-0.15, -0.1) is 0 Å². The van der Waals surface area contributed by atoms with Crippen molar-refractivity contribution >= 4 is 39.9 Å². The summed E-state index contributed by atoms with van der Waals surface area (Å²) in [6, 6.07) is 23.0. The summed E-state index contributed by atoms with van der Waals surface area (Å²) in [7, 11) is 0. The average Bonchev–Trinajstić information content (AvgIpc) is 3.10. The predicted molar refractivity (Wildman–Crippen MR) is 150 cm³/mol. The van der Waals surface area contributed by atoms with Gasteiger partial charge in [0.2, 0.25) is 0 Å². The minimum atomic E-state index is -0.142. The van der Waals surface area contributed by atoms with Crippen LogP contribution in [-0.2, 0) is 0 Å². The second-order valence-corrected chi connectivity index (χ2v) is 12.3. The van der Waals surface area contributed by atoms with E-state index in [4.69, 9.17) is 14.5 Å². The van der Waals surface area contributed by atoms with E-state index >= 15 is 0 Å². The van der Waals surface area contributed by atoms with Gasteiger partial charge in [0.1, 0.15) is 28.0 Å². The molecule has 4 heterocycles. The van der Waals surface area contributed by atoms with Gasteiger partial charge in [-0.2, -0.15) is 0 Å². The van der Waals surface area contributed by atoms with E-state index < -0.39 is 0 Å². The van der Waals surface area contributed by atoms with Gasteiger partial charge in [-0.25, -0.2) is 0 Å². The quantitative estimate of drug-likeness (QED) is 0.301. The fourth-order valence-corrected chi connectivity index (χ4v) is 6.46. The summed E-state index contributed by atoms with van der Waals surface area (Å²) in [4.78, 5) is 9.64. The van der Waals surface area contributed by atoms with Crippen molar-refractivity contribution < 1.29 is 9.47 Å². The van der Waals surface area contributed by atoms with Gasteiger partial charge >= 0.3 is 0 Å². The Balaban J connectivity index is 1.36. The van der Waals surface area contributed by atoms with Crippen LogP contribution in [-0.4, -0.2) is 27.0 Å². The van der Waals surface area contributed by atoms with Crippen molar-refractivity contribution in [2.45, 2.75) is 38.0 Å². The molecule has 3 aliphatic heterocycles. The third-order valence-corrected chi connectivity index (χ3v) is 9.35. The Kier molecular flexibility index (Phi) is 4.53. The summed E-state index contributed by atoms with van der Waals surface area (Å²) in [6.45, 7) is 8.97. The van der Waals surface area contributed by atoms with Crippen LogP contribution in [0.1, 0.15) is 33.3 Å². The maximum atomic E-state index is 6.46. The number of ether oxygens (including phenoxy) is 2. The second-order valence-electron chi connectivity index (χ2n) is 10.6. The molecule has 0 atom stereocenters. The molecule has 4 nitrogen and oxygen atoms in total. The minimum absolute atomic E-state index is 0.0196. The first kappa shape index (κ1) is 21.8. The molecule has 0 unspecified atom stereocenters. The topological polar surface area (TPSA) is 43.7 Å². The van der Waals surface area contributed by atoms with E-state index in [0.29, 0.717) is 0 Å². The van der Waals surface area contributed by atoms with E-state index in [1.165, 1.54) is 10.9 Å². The maximum Gasteiger partial charge on any atom is 0.260 e. The Hall–Kier alpha value is -3.51. The number of aromatic nitrogens is 1. The Morgan fingerprint density at radius 1 is 0.694 bits per heavy atom. The molecule has 0 amide bonds. The summed E-state index contributed by atoms with van der Waals surface area (Å²) >= 11 is 1.82. The Morgan fingerprint density at radius 3 is 1.86 bits per heavy atom. The molecule has 4 aromatic rings. The normalized spacial score (nSPS) is 17.8. The van der Waals surface area contributed by atoms with Crippen molar-refractivity contribution in [1.29, 1.82) is 0 Å². The lowest BCUT2D eigenvalue weighted by Crippen LogP contribution is -2.57. The third-order valence-electron chi connectivity index (χ3n) is 7.82. The molecule has 176 valence electrons. The first-order valence-corrected chi connectivity index (χ1v) is 13.1. The summed E-state index contributed by atoms with van der Waals surface area (Å²) in [5.74, 6) is 3.45. The first-order valence-electron chi connectivity index (χ1n) is 12.3. The molecule has 0 aliphatic carbocycles. The van der Waals surface area contributed by atoms with Gasteiger partial charge in [-0.3, -0.25) is 9.98 Å². The van der Waals surface area contributed by atoms with Crippen molar-refractivity contribution in [3.05, 3.63) is 84.7 Å². The monoisotopic (exact) mass is 488 g/mol. The number of thioether (sulfide) groups is 1. The lowest BCUT2D eigenvalue weighted by atomic mass is 9.35. The summed E-state index contributed by atoms with van der Waals surface area (Å²) in [5.41, 5.74) is 6.34. The van der Waals surface area contributed by atoms with E-state index in [1.54, 1.807) is 0 Å². The van der Waals surface area contributed by atoms with Gasteiger partial charge in [-0.05, 0) is 74.5 Å². The molecule has 0 bridgehead atoms. The fraction of sp³-hybridized carbons (Fsp3) is 0.200. The second kappa shape index (κ2) is 7.50. The number of hydrogen-bond acceptors (Lipinski definition) is 5. The number of pyridine rings is 1. The van der Waals surface area contributed by atoms with E-state index in [2.05, 4.69) is 75.1 Å². The zero-order valence-corrected chi connectivity index (χ0v) is 21.5. The number of hydrogen-bond donors (Lipinski definition) is 0. The van der Waals surface area contributed by atoms with Crippen LogP contribution >= 0.6 is 11.8 Å². The molecule has 1 aromatic heterocycles. The lowest BCUT2D eigenvalue weighted by molar-refractivity contribution is 0.426. The number of aliphatic imine (C=N–C) groups is 1. The lowest BCUT2D eigenvalue weighted by Gasteiger charge is -2.33. The average molecular weight is 488 g/mol. The van der Waals surface area contributed by atoms with E-state index in [9.17, 15) is 0 Å². The summed E-state index contributed by atoms with van der Waals surface area (Å²) in [5, 5.41) is 1.04. The van der Waals surface area contributed by atoms with E-state index in [1.807, 2.05) is 48.4 Å². The molecule has 6 heteroatoms. The Bertz CT molecular complexity index is 1520. The van der Waals surface area contributed by atoms with E-state index in [-0.39, 0.29) is 17.0 Å². The van der Waals surface area contributed by atoms with Crippen LogP contribution in [0.5, 0.6) is 23.0 Å². The highest BCUT2D eigenvalue weighted by Gasteiger charge is 2.44. The number of nitrogens with zero attached hydrogens (tertiary/aromatic N) is 2. The van der Waals surface area contributed by atoms with Crippen LogP contribution in [0.3, 0.4) is 0 Å². The maximum absolute atomic E-state index is 6.46. The van der Waals surface area contributed by atoms with Crippen LogP contribution in [0.4, 0.5) is 0 Å². The highest BCUT2D eigenvalue weighted by atomic mass is 32.2. The first-order chi connectivity index (χ1) is 17.3. The van der Waals surface area contributed by atoms with Crippen molar-refractivity contribution in [2.75, 3.05) is 0 Å². The Morgan fingerprint density at radius 2 is 1.28 bits per heavy atom. The molecular formula is C30H25BN2O2S. The van der Waals surface area contributed by atoms with Crippen LogP contribution in [0, 0.1) is 0 Å². The number of fused-ring (bicyclic) bond motifs is 4. The van der Waals surface area contributed by atoms with Crippen LogP contribution in [0.2, 0.25) is 0 Å². The molecule has 0 saturated carbocycles. The smallest absolute Gasteiger partial charge is 0.260 e. The van der Waals surface area contributed by atoms with Crippen LogP contribution in [0.25, 0.3) is 11.1 Å². The van der Waals surface area contributed by atoms with Gasteiger partial charge in [0.05, 0.1) is 5.54 Å². The highest BCUT2D eigenvalue weighted by Crippen LogP contribution is 2.46. The van der Waals surface area contributed by atoms with Gasteiger partial charge in [0.15, 0.2) is 0 Å². The zero-order chi connectivity index (χ0) is 24.7. The number of benzene rings is 3. The molecule has 0 N–H and O–H groups in total. The predicted octanol–water partition coefficient (Wildman–Crippen LogP) is 5.53. The summed E-state index contributed by atoms with van der Waals surface area (Å²) in [6.07, 6.45) is 3.81. The highest BCUT2D eigenvalue weighted by molar-refractivity contribution is 8.15. The van der Waals surface area contributed by atoms with Gasteiger partial charge in [-0.1, -0.05) is 48.2 Å². The molecular weight excluding hydrogens is 463 g/mol. The molecule has 0 saturated heterocycles. The van der Waals surface area contributed by atoms with Crippen molar-refractivity contribution in [3.8, 4) is 34.1 Å². The van der Waals surface area contributed by atoms with Gasteiger partial charge < -0.3 is 9.47 Å². The number of para-hydroxylation sites is 2. The third kappa shape index (κ3) is 3.17. The van der Waals surface area contributed by atoms with Crippen LogP contribution < -0.4 is 25.9 Å². The minimum Gasteiger partial charge on any atom is -0.458 e. The fourth-order valence-electron chi connectivity index (χ4n) is 5.18. The van der Waals surface area contributed by atoms with Gasteiger partial charge in [0, 0.05) is 33.7 Å². The molecule has 3 aliphatic rings.